The number of carboxylic acids is 1. The number of hydrogen-bond acceptors (Lipinski definition) is 4. The van der Waals surface area contributed by atoms with Crippen LogP contribution >= 0.6 is 0 Å². The molecule has 0 aliphatic carbocycles. The fraction of sp³-hybridized carbons (Fsp3) is 0.154. The van der Waals surface area contributed by atoms with Gasteiger partial charge < -0.3 is 15.2 Å². The smallest absolute Gasteiger partial charge is 0.358 e. The lowest BCUT2D eigenvalue weighted by molar-refractivity contribution is 0.0686. The third-order valence-corrected chi connectivity index (χ3v) is 3.36. The van der Waals surface area contributed by atoms with Crippen molar-refractivity contribution in [3.8, 4) is 5.75 Å². The third-order valence-electron chi connectivity index (χ3n) is 3.36. The predicted octanol–water partition coefficient (Wildman–Crippen LogP) is 1.20. The highest BCUT2D eigenvalue weighted by Gasteiger charge is 2.20. The molecule has 3 aromatic rings. The van der Waals surface area contributed by atoms with Gasteiger partial charge in [-0.3, -0.25) is 4.79 Å². The van der Waals surface area contributed by atoms with Gasteiger partial charge in [-0.1, -0.05) is 0 Å². The van der Waals surface area contributed by atoms with E-state index in [-0.39, 0.29) is 5.78 Å². The normalized spacial score (nSPS) is 11.3. The Bertz CT molecular complexity index is 936. The van der Waals surface area contributed by atoms with Crippen LogP contribution in [0.4, 0.5) is 0 Å². The first-order valence-corrected chi connectivity index (χ1v) is 5.88. The molecule has 0 bridgehead atoms. The van der Waals surface area contributed by atoms with E-state index in [1.54, 1.807) is 6.07 Å². The number of aromatic hydroxyl groups is 1. The highest BCUT2D eigenvalue weighted by atomic mass is 16.4. The molecule has 20 heavy (non-hydrogen) atoms. The van der Waals surface area contributed by atoms with E-state index in [1.165, 1.54) is 4.40 Å². The van der Waals surface area contributed by atoms with E-state index >= 15 is 0 Å². The molecule has 102 valence electrons. The molecule has 0 atom stereocenters. The monoisotopic (exact) mass is 273 g/mol. The van der Waals surface area contributed by atoms with Gasteiger partial charge >= 0.3 is 11.5 Å². The lowest BCUT2D eigenvalue weighted by atomic mass is 10.1. The van der Waals surface area contributed by atoms with Crippen molar-refractivity contribution in [2.75, 3.05) is 0 Å². The van der Waals surface area contributed by atoms with Crippen LogP contribution in [0.2, 0.25) is 0 Å². The summed E-state index contributed by atoms with van der Waals surface area (Å²) < 4.78 is 1.17. The topological polar surface area (TPSA) is 108 Å². The Morgan fingerprint density at radius 2 is 1.95 bits per heavy atom. The van der Waals surface area contributed by atoms with E-state index in [0.29, 0.717) is 11.0 Å². The highest BCUT2D eigenvalue weighted by Crippen LogP contribution is 2.20. The number of carboxylic acid groups (broad SMARTS) is 1. The molecule has 0 fully saturated rings. The summed E-state index contributed by atoms with van der Waals surface area (Å²) in [6.07, 6.45) is 0. The maximum Gasteiger partial charge on any atom is 0.358 e. The van der Waals surface area contributed by atoms with Crippen LogP contribution in [-0.2, 0) is 0 Å². The van der Waals surface area contributed by atoms with Gasteiger partial charge in [-0.2, -0.15) is 0 Å². The molecule has 1 aromatic carbocycles. The second-order valence-electron chi connectivity index (χ2n) is 4.66. The largest absolute Gasteiger partial charge is 0.501 e. The van der Waals surface area contributed by atoms with E-state index in [0.717, 1.165) is 11.1 Å². The summed E-state index contributed by atoms with van der Waals surface area (Å²) in [5.74, 6) is -2.23. The molecule has 7 heteroatoms. The number of rotatable bonds is 1. The summed E-state index contributed by atoms with van der Waals surface area (Å²) in [5, 5.41) is 18.6. The molecular weight excluding hydrogens is 262 g/mol. The number of aromatic carboxylic acids is 1. The fourth-order valence-corrected chi connectivity index (χ4v) is 2.18. The summed E-state index contributed by atoms with van der Waals surface area (Å²) >= 11 is 0. The van der Waals surface area contributed by atoms with Gasteiger partial charge in [0.25, 0.3) is 0 Å². The number of H-pyrrole nitrogens is 1. The first-order chi connectivity index (χ1) is 9.40. The number of imidazole rings is 1. The molecule has 3 N–H and O–H groups in total. The Balaban J connectivity index is 2.56. The van der Waals surface area contributed by atoms with E-state index in [9.17, 15) is 14.7 Å². The molecule has 2 aromatic heterocycles. The molecule has 0 unspecified atom stereocenters. The van der Waals surface area contributed by atoms with Gasteiger partial charge in [0.2, 0.25) is 11.5 Å². The zero-order valence-electron chi connectivity index (χ0n) is 10.8. The standard InChI is InChI=1S/C13H11N3O4/c1-5-3-7-8(4-6(5)2)16-11(18)10(17)9(12(19)20)15-13(16)14-7/h3-4,17H,1-2H3,(H,14,15)(H,19,20). The number of benzene rings is 1. The van der Waals surface area contributed by atoms with Crippen LogP contribution in [0.15, 0.2) is 16.9 Å². The van der Waals surface area contributed by atoms with Gasteiger partial charge in [0.1, 0.15) is 0 Å². The van der Waals surface area contributed by atoms with Gasteiger partial charge in [-0.05, 0) is 37.1 Å². The van der Waals surface area contributed by atoms with Crippen molar-refractivity contribution in [1.29, 1.82) is 0 Å². The van der Waals surface area contributed by atoms with Crippen molar-refractivity contribution in [2.24, 2.45) is 0 Å². The molecule has 0 aliphatic rings. The summed E-state index contributed by atoms with van der Waals surface area (Å²) in [5.41, 5.74) is 1.75. The summed E-state index contributed by atoms with van der Waals surface area (Å²) in [6.45, 7) is 3.83. The maximum atomic E-state index is 12.1. The summed E-state index contributed by atoms with van der Waals surface area (Å²) in [4.78, 5) is 29.7. The van der Waals surface area contributed by atoms with Gasteiger partial charge in [0.15, 0.2) is 5.69 Å². The van der Waals surface area contributed by atoms with Crippen LogP contribution in [-0.4, -0.2) is 30.6 Å². The van der Waals surface area contributed by atoms with Crippen molar-refractivity contribution >= 4 is 22.8 Å². The van der Waals surface area contributed by atoms with Gasteiger partial charge in [-0.15, -0.1) is 0 Å². The van der Waals surface area contributed by atoms with Gasteiger partial charge in [0, 0.05) is 0 Å². The first kappa shape index (κ1) is 12.2. The van der Waals surface area contributed by atoms with Gasteiger partial charge in [-0.25, -0.2) is 14.2 Å². The van der Waals surface area contributed by atoms with Crippen LogP contribution in [0.3, 0.4) is 0 Å². The predicted molar refractivity (Wildman–Crippen MR) is 71.4 cm³/mol. The van der Waals surface area contributed by atoms with Crippen LogP contribution < -0.4 is 5.56 Å². The lowest BCUT2D eigenvalue weighted by Gasteiger charge is -2.01. The highest BCUT2D eigenvalue weighted by molar-refractivity contribution is 5.90. The van der Waals surface area contributed by atoms with E-state index in [4.69, 9.17) is 5.11 Å². The third kappa shape index (κ3) is 1.49. The molecule has 7 nitrogen and oxygen atoms in total. The van der Waals surface area contributed by atoms with Crippen molar-refractivity contribution in [3.05, 3.63) is 39.3 Å². The molecule has 0 saturated carbocycles. The van der Waals surface area contributed by atoms with Crippen molar-refractivity contribution in [2.45, 2.75) is 13.8 Å². The average Bonchev–Trinajstić information content (AvgIpc) is 2.71. The minimum absolute atomic E-state index is 0.0881. The average molecular weight is 273 g/mol. The van der Waals surface area contributed by atoms with Gasteiger partial charge in [0.05, 0.1) is 11.0 Å². The number of aromatic amines is 1. The minimum atomic E-state index is -1.45. The Kier molecular flexibility index (Phi) is 2.34. The Labute approximate surface area is 112 Å². The molecule has 3 rings (SSSR count). The minimum Gasteiger partial charge on any atom is -0.501 e. The van der Waals surface area contributed by atoms with E-state index in [2.05, 4.69) is 9.97 Å². The summed E-state index contributed by atoms with van der Waals surface area (Å²) in [6, 6.07) is 3.63. The van der Waals surface area contributed by atoms with Crippen molar-refractivity contribution in [3.63, 3.8) is 0 Å². The lowest BCUT2D eigenvalue weighted by Crippen LogP contribution is -2.18. The van der Waals surface area contributed by atoms with Crippen LogP contribution in [0.1, 0.15) is 21.6 Å². The maximum absolute atomic E-state index is 12.1. The van der Waals surface area contributed by atoms with E-state index < -0.39 is 23.0 Å². The summed E-state index contributed by atoms with van der Waals surface area (Å²) in [7, 11) is 0. The number of carbonyl (C=O) groups is 1. The zero-order valence-corrected chi connectivity index (χ0v) is 10.8. The Morgan fingerprint density at radius 3 is 2.60 bits per heavy atom. The number of aromatic nitrogens is 3. The molecule has 0 aliphatic heterocycles. The molecular formula is C13H11N3O4. The first-order valence-electron chi connectivity index (χ1n) is 5.88. The molecule has 0 spiro atoms. The molecule has 0 radical (unpaired) electrons. The second kappa shape index (κ2) is 3.83. The Hall–Kier alpha value is -2.83. The fourth-order valence-electron chi connectivity index (χ4n) is 2.18. The number of nitrogens with zero attached hydrogens (tertiary/aromatic N) is 2. The quantitative estimate of drug-likeness (QED) is 0.617. The van der Waals surface area contributed by atoms with Crippen molar-refractivity contribution in [1.82, 2.24) is 14.4 Å². The number of fused-ring (bicyclic) bond motifs is 3. The molecule has 0 saturated heterocycles. The van der Waals surface area contributed by atoms with Crippen LogP contribution in [0, 0.1) is 13.8 Å². The molecule has 2 heterocycles. The number of aryl methyl sites for hydroxylation is 2. The van der Waals surface area contributed by atoms with Crippen LogP contribution in [0.5, 0.6) is 5.75 Å². The number of hydrogen-bond donors (Lipinski definition) is 3. The van der Waals surface area contributed by atoms with Crippen LogP contribution in [0.25, 0.3) is 16.8 Å². The Morgan fingerprint density at radius 1 is 1.30 bits per heavy atom. The number of nitrogens with one attached hydrogen (secondary N) is 1. The molecule has 0 amide bonds. The zero-order chi connectivity index (χ0) is 14.6. The van der Waals surface area contributed by atoms with E-state index in [1.807, 2.05) is 19.9 Å². The van der Waals surface area contributed by atoms with Crippen molar-refractivity contribution < 1.29 is 15.0 Å². The SMILES string of the molecule is Cc1cc2[nH]c3nc(C(=O)O)c(O)c(=O)n3c2cc1C. The second-order valence-corrected chi connectivity index (χ2v) is 4.66.